The molecule has 3 nitrogen and oxygen atoms in total. The number of nitrogens with one attached hydrogen (secondary N) is 1. The first-order valence-corrected chi connectivity index (χ1v) is 8.07. The summed E-state index contributed by atoms with van der Waals surface area (Å²) in [6, 6.07) is 19.0. The summed E-state index contributed by atoms with van der Waals surface area (Å²) in [6.45, 7) is 3.75. The van der Waals surface area contributed by atoms with E-state index in [2.05, 4.69) is 58.7 Å². The van der Waals surface area contributed by atoms with E-state index >= 15 is 0 Å². The van der Waals surface area contributed by atoms with Gasteiger partial charge >= 0.3 is 0 Å². The van der Waals surface area contributed by atoms with Gasteiger partial charge in [-0.1, -0.05) is 48.5 Å². The van der Waals surface area contributed by atoms with Gasteiger partial charge in [0.25, 0.3) is 0 Å². The first-order valence-electron chi connectivity index (χ1n) is 8.07. The Balaban J connectivity index is 1.62. The molecular weight excluding hydrogens is 272 g/mol. The highest BCUT2D eigenvalue weighted by Crippen LogP contribution is 2.20. The van der Waals surface area contributed by atoms with Gasteiger partial charge in [0.2, 0.25) is 0 Å². The molecule has 1 fully saturated rings. The van der Waals surface area contributed by atoms with Gasteiger partial charge in [-0.25, -0.2) is 0 Å². The average molecular weight is 296 g/mol. The van der Waals surface area contributed by atoms with E-state index in [0.717, 1.165) is 39.0 Å². The molecule has 3 rings (SSSR count). The van der Waals surface area contributed by atoms with E-state index in [1.165, 1.54) is 16.8 Å². The van der Waals surface area contributed by atoms with Gasteiger partial charge in [-0.3, -0.25) is 4.90 Å². The van der Waals surface area contributed by atoms with E-state index < -0.39 is 0 Å². The number of aliphatic hydroxyl groups is 1. The fourth-order valence-corrected chi connectivity index (χ4v) is 2.94. The lowest BCUT2D eigenvalue weighted by Crippen LogP contribution is -2.35. The molecule has 1 aliphatic rings. The zero-order valence-corrected chi connectivity index (χ0v) is 12.9. The number of benzene rings is 2. The highest BCUT2D eigenvalue weighted by atomic mass is 16.3. The zero-order chi connectivity index (χ0) is 15.2. The Kier molecular flexibility index (Phi) is 5.09. The quantitative estimate of drug-likeness (QED) is 0.889. The van der Waals surface area contributed by atoms with Crippen molar-refractivity contribution in [1.29, 1.82) is 0 Å². The van der Waals surface area contributed by atoms with Crippen LogP contribution in [0.5, 0.6) is 0 Å². The van der Waals surface area contributed by atoms with Crippen LogP contribution in [0.3, 0.4) is 0 Å². The number of rotatable bonds is 5. The molecule has 0 saturated carbocycles. The molecule has 2 N–H and O–H groups in total. The van der Waals surface area contributed by atoms with Gasteiger partial charge < -0.3 is 10.4 Å². The molecule has 22 heavy (non-hydrogen) atoms. The van der Waals surface area contributed by atoms with Gasteiger partial charge in [-0.05, 0) is 30.0 Å². The summed E-state index contributed by atoms with van der Waals surface area (Å²) >= 11 is 0. The van der Waals surface area contributed by atoms with Crippen molar-refractivity contribution in [2.45, 2.75) is 32.0 Å². The van der Waals surface area contributed by atoms with Gasteiger partial charge in [-0.15, -0.1) is 0 Å². The normalized spacial score (nSPS) is 16.6. The lowest BCUT2D eigenvalue weighted by Gasteiger charge is -2.30. The minimum Gasteiger partial charge on any atom is -0.393 e. The second kappa shape index (κ2) is 7.43. The van der Waals surface area contributed by atoms with Gasteiger partial charge in [0.1, 0.15) is 0 Å². The van der Waals surface area contributed by atoms with E-state index in [1.807, 2.05) is 6.07 Å². The number of para-hydroxylation sites is 1. The Bertz CT molecular complexity index is 577. The van der Waals surface area contributed by atoms with E-state index in [9.17, 15) is 5.11 Å². The summed E-state index contributed by atoms with van der Waals surface area (Å²) in [5.41, 5.74) is 3.82. The fourth-order valence-electron chi connectivity index (χ4n) is 2.94. The third kappa shape index (κ3) is 4.09. The van der Waals surface area contributed by atoms with Crippen molar-refractivity contribution >= 4 is 5.69 Å². The maximum atomic E-state index is 9.62. The van der Waals surface area contributed by atoms with Crippen molar-refractivity contribution in [3.05, 3.63) is 65.7 Å². The predicted molar refractivity (Wildman–Crippen MR) is 90.7 cm³/mol. The van der Waals surface area contributed by atoms with E-state index in [0.29, 0.717) is 0 Å². The highest BCUT2D eigenvalue weighted by Gasteiger charge is 2.17. The maximum Gasteiger partial charge on any atom is 0.0564 e. The van der Waals surface area contributed by atoms with Crippen LogP contribution in [0.15, 0.2) is 54.6 Å². The smallest absolute Gasteiger partial charge is 0.0564 e. The SMILES string of the molecule is OC1CCN(Cc2ccccc2NCc2ccccc2)CC1. The Morgan fingerprint density at radius 1 is 0.955 bits per heavy atom. The molecule has 0 bridgehead atoms. The number of aliphatic hydroxyl groups excluding tert-OH is 1. The topological polar surface area (TPSA) is 35.5 Å². The van der Waals surface area contributed by atoms with Gasteiger partial charge in [0, 0.05) is 31.9 Å². The Labute approximate surface area is 132 Å². The van der Waals surface area contributed by atoms with Crippen molar-refractivity contribution in [1.82, 2.24) is 4.90 Å². The summed E-state index contributed by atoms with van der Waals surface area (Å²) < 4.78 is 0. The van der Waals surface area contributed by atoms with Gasteiger partial charge in [0.05, 0.1) is 6.10 Å². The van der Waals surface area contributed by atoms with Crippen LogP contribution < -0.4 is 5.32 Å². The van der Waals surface area contributed by atoms with Crippen LogP contribution in [-0.4, -0.2) is 29.2 Å². The Morgan fingerprint density at radius 3 is 2.41 bits per heavy atom. The molecule has 1 aliphatic heterocycles. The summed E-state index contributed by atoms with van der Waals surface area (Å²) in [4.78, 5) is 2.43. The molecule has 1 heterocycles. The van der Waals surface area contributed by atoms with E-state index in [-0.39, 0.29) is 6.10 Å². The van der Waals surface area contributed by atoms with Crippen molar-refractivity contribution < 1.29 is 5.11 Å². The molecule has 2 aromatic rings. The lowest BCUT2D eigenvalue weighted by atomic mass is 10.1. The van der Waals surface area contributed by atoms with Crippen LogP contribution in [0, 0.1) is 0 Å². The molecule has 0 spiro atoms. The molecule has 3 heteroatoms. The third-order valence-corrected chi connectivity index (χ3v) is 4.29. The fraction of sp³-hybridized carbons (Fsp3) is 0.368. The van der Waals surface area contributed by atoms with Crippen LogP contribution in [0.2, 0.25) is 0 Å². The van der Waals surface area contributed by atoms with E-state index in [1.54, 1.807) is 0 Å². The van der Waals surface area contributed by atoms with Gasteiger partial charge in [0.15, 0.2) is 0 Å². The van der Waals surface area contributed by atoms with Crippen LogP contribution in [0.25, 0.3) is 0 Å². The van der Waals surface area contributed by atoms with Crippen molar-refractivity contribution in [2.24, 2.45) is 0 Å². The zero-order valence-electron chi connectivity index (χ0n) is 12.9. The summed E-state index contributed by atoms with van der Waals surface area (Å²) in [5.74, 6) is 0. The van der Waals surface area contributed by atoms with Crippen molar-refractivity contribution in [3.63, 3.8) is 0 Å². The van der Waals surface area contributed by atoms with Crippen molar-refractivity contribution in [2.75, 3.05) is 18.4 Å². The predicted octanol–water partition coefficient (Wildman–Crippen LogP) is 3.26. The number of likely N-dealkylation sites (tertiary alicyclic amines) is 1. The van der Waals surface area contributed by atoms with Crippen molar-refractivity contribution in [3.8, 4) is 0 Å². The van der Waals surface area contributed by atoms with Crippen LogP contribution in [0.1, 0.15) is 24.0 Å². The molecule has 0 aliphatic carbocycles. The lowest BCUT2D eigenvalue weighted by molar-refractivity contribution is 0.0793. The first kappa shape index (κ1) is 15.1. The largest absolute Gasteiger partial charge is 0.393 e. The molecule has 0 amide bonds. The number of piperidine rings is 1. The molecular formula is C19H24N2O. The monoisotopic (exact) mass is 296 g/mol. The Morgan fingerprint density at radius 2 is 1.64 bits per heavy atom. The standard InChI is InChI=1S/C19H24N2O/c22-18-10-12-21(13-11-18)15-17-8-4-5-9-19(17)20-14-16-6-2-1-3-7-16/h1-9,18,20,22H,10-15H2. The molecule has 1 saturated heterocycles. The average Bonchev–Trinajstić information content (AvgIpc) is 2.57. The summed E-state index contributed by atoms with van der Waals surface area (Å²) in [5, 5.41) is 13.2. The number of anilines is 1. The summed E-state index contributed by atoms with van der Waals surface area (Å²) in [6.07, 6.45) is 1.67. The minimum absolute atomic E-state index is 0.109. The second-order valence-corrected chi connectivity index (χ2v) is 6.00. The molecule has 2 aromatic carbocycles. The number of hydrogen-bond donors (Lipinski definition) is 2. The second-order valence-electron chi connectivity index (χ2n) is 6.00. The third-order valence-electron chi connectivity index (χ3n) is 4.29. The molecule has 0 atom stereocenters. The maximum absolute atomic E-state index is 9.62. The molecule has 0 radical (unpaired) electrons. The molecule has 0 aromatic heterocycles. The molecule has 0 unspecified atom stereocenters. The molecule has 116 valence electrons. The number of hydrogen-bond acceptors (Lipinski definition) is 3. The van der Waals surface area contributed by atoms with Crippen LogP contribution in [0.4, 0.5) is 5.69 Å². The van der Waals surface area contributed by atoms with Crippen LogP contribution >= 0.6 is 0 Å². The minimum atomic E-state index is -0.109. The Hall–Kier alpha value is -1.84. The van der Waals surface area contributed by atoms with Crippen LogP contribution in [-0.2, 0) is 13.1 Å². The highest BCUT2D eigenvalue weighted by molar-refractivity contribution is 5.51. The first-order chi connectivity index (χ1) is 10.8. The van der Waals surface area contributed by atoms with Gasteiger partial charge in [-0.2, -0.15) is 0 Å². The van der Waals surface area contributed by atoms with E-state index in [4.69, 9.17) is 0 Å². The number of nitrogens with zero attached hydrogens (tertiary/aromatic N) is 1. The summed E-state index contributed by atoms with van der Waals surface area (Å²) in [7, 11) is 0.